The number of carbonyl (C=O) groups excluding carboxylic acids is 1. The van der Waals surface area contributed by atoms with Crippen molar-refractivity contribution >= 4 is 5.91 Å². The van der Waals surface area contributed by atoms with Gasteiger partial charge in [-0.05, 0) is 43.2 Å². The van der Waals surface area contributed by atoms with E-state index in [9.17, 15) is 9.90 Å². The standard InChI is InChI=1S/C17H20N2O3/c1-3-19(12-9-13-7-10-18-11-8-13)17(21)16-14(20)5-4-6-15(16)22-2/h4-8,10-11,20H,3,9,12H2,1-2H3. The summed E-state index contributed by atoms with van der Waals surface area (Å²) in [5, 5.41) is 9.99. The number of aromatic nitrogens is 1. The summed E-state index contributed by atoms with van der Waals surface area (Å²) in [6, 6.07) is 8.67. The minimum absolute atomic E-state index is 0.0632. The zero-order chi connectivity index (χ0) is 15.9. The van der Waals surface area contributed by atoms with E-state index < -0.39 is 0 Å². The molecule has 0 aliphatic rings. The highest BCUT2D eigenvalue weighted by atomic mass is 16.5. The molecule has 1 amide bonds. The summed E-state index contributed by atoms with van der Waals surface area (Å²) >= 11 is 0. The third-order valence-electron chi connectivity index (χ3n) is 3.53. The van der Waals surface area contributed by atoms with Crippen LogP contribution in [0.3, 0.4) is 0 Å². The number of methoxy groups -OCH3 is 1. The summed E-state index contributed by atoms with van der Waals surface area (Å²) in [7, 11) is 1.48. The summed E-state index contributed by atoms with van der Waals surface area (Å²) in [6.45, 7) is 3.04. The van der Waals surface area contributed by atoms with Gasteiger partial charge in [0.05, 0.1) is 7.11 Å². The van der Waals surface area contributed by atoms with Gasteiger partial charge in [0.2, 0.25) is 0 Å². The minimum atomic E-state index is -0.230. The van der Waals surface area contributed by atoms with Gasteiger partial charge in [-0.25, -0.2) is 0 Å². The summed E-state index contributed by atoms with van der Waals surface area (Å²) in [4.78, 5) is 18.3. The van der Waals surface area contributed by atoms with Gasteiger partial charge in [0.15, 0.2) is 0 Å². The molecule has 2 aromatic rings. The largest absolute Gasteiger partial charge is 0.507 e. The van der Waals surface area contributed by atoms with Gasteiger partial charge in [-0.2, -0.15) is 0 Å². The third kappa shape index (κ3) is 3.55. The maximum absolute atomic E-state index is 12.7. The van der Waals surface area contributed by atoms with Gasteiger partial charge < -0.3 is 14.7 Å². The summed E-state index contributed by atoms with van der Waals surface area (Å²) in [5.41, 5.74) is 1.33. The van der Waals surface area contributed by atoms with Crippen molar-refractivity contribution in [2.45, 2.75) is 13.3 Å². The molecule has 0 bridgehead atoms. The molecule has 2 rings (SSSR count). The van der Waals surface area contributed by atoms with Crippen molar-refractivity contribution in [1.29, 1.82) is 0 Å². The normalized spacial score (nSPS) is 10.3. The first-order valence-electron chi connectivity index (χ1n) is 7.21. The molecule has 0 atom stereocenters. The van der Waals surface area contributed by atoms with Crippen LogP contribution in [0.2, 0.25) is 0 Å². The minimum Gasteiger partial charge on any atom is -0.507 e. The van der Waals surface area contributed by atoms with Gasteiger partial charge in [0.1, 0.15) is 17.1 Å². The van der Waals surface area contributed by atoms with Crippen LogP contribution in [0.1, 0.15) is 22.8 Å². The Kier molecular flexibility index (Phi) is 5.36. The predicted octanol–water partition coefficient (Wildman–Crippen LogP) is 2.50. The Balaban J connectivity index is 2.15. The molecule has 0 spiro atoms. The molecule has 1 heterocycles. The summed E-state index contributed by atoms with van der Waals surface area (Å²) in [6.07, 6.45) is 4.21. The molecule has 0 aliphatic carbocycles. The van der Waals surface area contributed by atoms with E-state index >= 15 is 0 Å². The summed E-state index contributed by atoms with van der Waals surface area (Å²) in [5.74, 6) is 0.0885. The number of pyridine rings is 1. The second-order valence-corrected chi connectivity index (χ2v) is 4.84. The van der Waals surface area contributed by atoms with Crippen LogP contribution in [-0.4, -0.2) is 41.1 Å². The molecular weight excluding hydrogens is 280 g/mol. The molecule has 0 unspecified atom stereocenters. The Morgan fingerprint density at radius 1 is 1.27 bits per heavy atom. The lowest BCUT2D eigenvalue weighted by molar-refractivity contribution is 0.0759. The number of likely N-dealkylation sites (N-methyl/N-ethyl adjacent to an activating group) is 1. The molecule has 1 aromatic carbocycles. The number of nitrogens with zero attached hydrogens (tertiary/aromatic N) is 2. The van der Waals surface area contributed by atoms with Gasteiger partial charge >= 0.3 is 0 Å². The van der Waals surface area contributed by atoms with Gasteiger partial charge in [0, 0.05) is 25.5 Å². The second-order valence-electron chi connectivity index (χ2n) is 4.84. The van der Waals surface area contributed by atoms with Crippen molar-refractivity contribution in [3.8, 4) is 11.5 Å². The molecule has 0 radical (unpaired) electrons. The average molecular weight is 300 g/mol. The molecule has 0 fully saturated rings. The molecule has 0 saturated heterocycles. The van der Waals surface area contributed by atoms with Crippen LogP contribution < -0.4 is 4.74 Å². The molecule has 116 valence electrons. The Morgan fingerprint density at radius 2 is 2.00 bits per heavy atom. The molecular formula is C17H20N2O3. The lowest BCUT2D eigenvalue weighted by Crippen LogP contribution is -2.33. The third-order valence-corrected chi connectivity index (χ3v) is 3.53. The lowest BCUT2D eigenvalue weighted by atomic mass is 10.1. The fraction of sp³-hybridized carbons (Fsp3) is 0.294. The molecule has 1 N–H and O–H groups in total. The molecule has 5 nitrogen and oxygen atoms in total. The fourth-order valence-electron chi connectivity index (χ4n) is 2.28. The number of amides is 1. The first-order valence-corrected chi connectivity index (χ1v) is 7.21. The van der Waals surface area contributed by atoms with Gasteiger partial charge in [-0.3, -0.25) is 9.78 Å². The number of phenolic OH excluding ortho intramolecular Hbond substituents is 1. The summed E-state index contributed by atoms with van der Waals surface area (Å²) < 4.78 is 5.19. The smallest absolute Gasteiger partial charge is 0.261 e. The number of ether oxygens (including phenoxy) is 1. The number of hydrogen-bond acceptors (Lipinski definition) is 4. The molecule has 1 aromatic heterocycles. The highest BCUT2D eigenvalue weighted by molar-refractivity contribution is 5.99. The first-order chi connectivity index (χ1) is 10.7. The van der Waals surface area contributed by atoms with Crippen molar-refractivity contribution in [3.63, 3.8) is 0 Å². The Bertz CT molecular complexity index is 629. The van der Waals surface area contributed by atoms with E-state index in [0.717, 1.165) is 12.0 Å². The van der Waals surface area contributed by atoms with E-state index in [2.05, 4.69) is 4.98 Å². The van der Waals surface area contributed by atoms with Crippen LogP contribution in [0.25, 0.3) is 0 Å². The van der Waals surface area contributed by atoms with Gasteiger partial charge in [-0.15, -0.1) is 0 Å². The number of benzene rings is 1. The van der Waals surface area contributed by atoms with E-state index in [4.69, 9.17) is 4.74 Å². The molecule has 22 heavy (non-hydrogen) atoms. The highest BCUT2D eigenvalue weighted by Crippen LogP contribution is 2.28. The number of rotatable bonds is 6. The number of hydrogen-bond donors (Lipinski definition) is 1. The second kappa shape index (κ2) is 7.45. The van der Waals surface area contributed by atoms with Crippen molar-refractivity contribution in [1.82, 2.24) is 9.88 Å². The molecule has 5 heteroatoms. The van der Waals surface area contributed by atoms with Crippen LogP contribution in [0.4, 0.5) is 0 Å². The highest BCUT2D eigenvalue weighted by Gasteiger charge is 2.21. The monoisotopic (exact) mass is 300 g/mol. The van der Waals surface area contributed by atoms with Crippen LogP contribution in [0.5, 0.6) is 11.5 Å². The topological polar surface area (TPSA) is 62.7 Å². The average Bonchev–Trinajstić information content (AvgIpc) is 2.55. The SMILES string of the molecule is CCN(CCc1ccncc1)C(=O)c1c(O)cccc1OC. The van der Waals surface area contributed by atoms with Crippen molar-refractivity contribution < 1.29 is 14.6 Å². The van der Waals surface area contributed by atoms with E-state index in [1.54, 1.807) is 29.4 Å². The van der Waals surface area contributed by atoms with Crippen LogP contribution in [0.15, 0.2) is 42.7 Å². The van der Waals surface area contributed by atoms with Gasteiger partial charge in [0.25, 0.3) is 5.91 Å². The zero-order valence-electron chi connectivity index (χ0n) is 12.8. The molecule has 0 saturated carbocycles. The number of aromatic hydroxyl groups is 1. The van der Waals surface area contributed by atoms with E-state index in [-0.39, 0.29) is 17.2 Å². The van der Waals surface area contributed by atoms with Crippen LogP contribution in [0, 0.1) is 0 Å². The zero-order valence-corrected chi connectivity index (χ0v) is 12.8. The van der Waals surface area contributed by atoms with Crippen LogP contribution >= 0.6 is 0 Å². The van der Waals surface area contributed by atoms with E-state index in [1.807, 2.05) is 19.1 Å². The predicted molar refractivity (Wildman–Crippen MR) is 84.2 cm³/mol. The maximum atomic E-state index is 12.7. The Hall–Kier alpha value is -2.56. The van der Waals surface area contributed by atoms with Crippen LogP contribution in [-0.2, 0) is 6.42 Å². The Labute approximate surface area is 130 Å². The van der Waals surface area contributed by atoms with Crippen molar-refractivity contribution in [3.05, 3.63) is 53.9 Å². The number of carbonyl (C=O) groups is 1. The van der Waals surface area contributed by atoms with Crippen molar-refractivity contribution in [2.75, 3.05) is 20.2 Å². The van der Waals surface area contributed by atoms with Crippen molar-refractivity contribution in [2.24, 2.45) is 0 Å². The van der Waals surface area contributed by atoms with Gasteiger partial charge in [-0.1, -0.05) is 6.07 Å². The Morgan fingerprint density at radius 3 is 2.64 bits per heavy atom. The lowest BCUT2D eigenvalue weighted by Gasteiger charge is -2.22. The number of phenols is 1. The first kappa shape index (κ1) is 15.8. The van der Waals surface area contributed by atoms with E-state index in [1.165, 1.54) is 13.2 Å². The van der Waals surface area contributed by atoms with E-state index in [0.29, 0.717) is 18.8 Å². The molecule has 0 aliphatic heterocycles. The fourth-order valence-corrected chi connectivity index (χ4v) is 2.28. The quantitative estimate of drug-likeness (QED) is 0.890. The maximum Gasteiger partial charge on any atom is 0.261 e.